The van der Waals surface area contributed by atoms with Crippen LogP contribution < -0.4 is 14.4 Å². The van der Waals surface area contributed by atoms with Gasteiger partial charge in [-0.2, -0.15) is 0 Å². The van der Waals surface area contributed by atoms with Crippen LogP contribution in [0.1, 0.15) is 35.0 Å². The SMILES string of the molecule is CCCc1nc(N(C)CCc2ccccc2)ncc1C(=O)NS(=O)(=O)c1ccc(OC)cc1. The second-order valence-electron chi connectivity index (χ2n) is 7.55. The van der Waals surface area contributed by atoms with Gasteiger partial charge in [0.25, 0.3) is 15.9 Å². The number of hydrogen-bond acceptors (Lipinski definition) is 7. The minimum atomic E-state index is -4.05. The Bertz CT molecular complexity index is 1180. The number of sulfonamides is 1. The Labute approximate surface area is 194 Å². The number of nitrogens with zero attached hydrogens (tertiary/aromatic N) is 3. The van der Waals surface area contributed by atoms with Crippen LogP contribution in [0.5, 0.6) is 5.75 Å². The van der Waals surface area contributed by atoms with Gasteiger partial charge in [-0.3, -0.25) is 4.79 Å². The van der Waals surface area contributed by atoms with Gasteiger partial charge >= 0.3 is 0 Å². The molecule has 1 heterocycles. The van der Waals surface area contributed by atoms with E-state index >= 15 is 0 Å². The Kier molecular flexibility index (Phi) is 8.00. The zero-order chi connectivity index (χ0) is 23.8. The third kappa shape index (κ3) is 6.29. The maximum absolute atomic E-state index is 12.8. The maximum atomic E-state index is 12.8. The van der Waals surface area contributed by atoms with Crippen LogP contribution in [0.15, 0.2) is 65.7 Å². The van der Waals surface area contributed by atoms with Crippen molar-refractivity contribution < 1.29 is 17.9 Å². The molecule has 0 fully saturated rings. The molecule has 0 aliphatic carbocycles. The number of rotatable bonds is 10. The fraction of sp³-hybridized carbons (Fsp3) is 0.292. The molecule has 1 N–H and O–H groups in total. The van der Waals surface area contributed by atoms with Gasteiger partial charge < -0.3 is 9.64 Å². The third-order valence-corrected chi connectivity index (χ3v) is 6.45. The number of likely N-dealkylation sites (N-methyl/N-ethyl adjacent to an activating group) is 1. The quantitative estimate of drug-likeness (QED) is 0.487. The molecule has 3 rings (SSSR count). The van der Waals surface area contributed by atoms with Crippen molar-refractivity contribution in [1.29, 1.82) is 0 Å². The van der Waals surface area contributed by atoms with Gasteiger partial charge in [-0.15, -0.1) is 0 Å². The van der Waals surface area contributed by atoms with Crippen LogP contribution in [-0.2, 0) is 22.9 Å². The topological polar surface area (TPSA) is 101 Å². The molecule has 33 heavy (non-hydrogen) atoms. The van der Waals surface area contributed by atoms with Gasteiger partial charge in [0.15, 0.2) is 0 Å². The predicted octanol–water partition coefficient (Wildman–Crippen LogP) is 3.24. The maximum Gasteiger partial charge on any atom is 0.268 e. The van der Waals surface area contributed by atoms with Gasteiger partial charge in [-0.1, -0.05) is 43.7 Å². The minimum absolute atomic E-state index is 0.0353. The van der Waals surface area contributed by atoms with Crippen LogP contribution in [0.4, 0.5) is 5.95 Å². The number of amides is 1. The van der Waals surface area contributed by atoms with Crippen molar-refractivity contribution in [3.8, 4) is 5.75 Å². The Morgan fingerprint density at radius 1 is 1.06 bits per heavy atom. The number of benzene rings is 2. The summed E-state index contributed by atoms with van der Waals surface area (Å²) in [6, 6.07) is 15.9. The normalized spacial score (nSPS) is 11.1. The molecule has 0 saturated heterocycles. The predicted molar refractivity (Wildman–Crippen MR) is 127 cm³/mol. The molecule has 0 radical (unpaired) electrons. The van der Waals surface area contributed by atoms with Gasteiger partial charge in [-0.25, -0.2) is 23.1 Å². The zero-order valence-electron chi connectivity index (χ0n) is 19.0. The summed E-state index contributed by atoms with van der Waals surface area (Å²) in [4.78, 5) is 23.6. The van der Waals surface area contributed by atoms with Gasteiger partial charge in [0.2, 0.25) is 5.95 Å². The van der Waals surface area contributed by atoms with E-state index in [2.05, 4.69) is 26.8 Å². The molecule has 174 valence electrons. The lowest BCUT2D eigenvalue weighted by atomic mass is 10.1. The average Bonchev–Trinajstić information content (AvgIpc) is 2.83. The smallest absolute Gasteiger partial charge is 0.268 e. The van der Waals surface area contributed by atoms with Crippen LogP contribution in [-0.4, -0.2) is 45.0 Å². The first-order valence-electron chi connectivity index (χ1n) is 10.7. The summed E-state index contributed by atoms with van der Waals surface area (Å²) in [5.74, 6) is 0.252. The van der Waals surface area contributed by atoms with E-state index in [0.29, 0.717) is 30.4 Å². The Morgan fingerprint density at radius 3 is 2.39 bits per heavy atom. The van der Waals surface area contributed by atoms with E-state index in [9.17, 15) is 13.2 Å². The van der Waals surface area contributed by atoms with Gasteiger partial charge in [0.05, 0.1) is 23.3 Å². The van der Waals surface area contributed by atoms with E-state index in [4.69, 9.17) is 4.74 Å². The lowest BCUT2D eigenvalue weighted by molar-refractivity contribution is 0.0979. The first kappa shape index (κ1) is 24.2. The van der Waals surface area contributed by atoms with Crippen LogP contribution in [0.25, 0.3) is 0 Å². The number of methoxy groups -OCH3 is 1. The molecule has 0 aliphatic heterocycles. The number of aromatic nitrogens is 2. The monoisotopic (exact) mass is 468 g/mol. The zero-order valence-corrected chi connectivity index (χ0v) is 19.8. The lowest BCUT2D eigenvalue weighted by Gasteiger charge is -2.19. The van der Waals surface area contributed by atoms with Gasteiger partial charge in [0.1, 0.15) is 5.75 Å². The van der Waals surface area contributed by atoms with Gasteiger partial charge in [0, 0.05) is 19.8 Å². The summed E-state index contributed by atoms with van der Waals surface area (Å²) >= 11 is 0. The fourth-order valence-corrected chi connectivity index (χ4v) is 4.21. The van der Waals surface area contributed by atoms with E-state index in [1.54, 1.807) is 0 Å². The second-order valence-corrected chi connectivity index (χ2v) is 9.23. The third-order valence-electron chi connectivity index (χ3n) is 5.10. The lowest BCUT2D eigenvalue weighted by Crippen LogP contribution is -2.32. The highest BCUT2D eigenvalue weighted by molar-refractivity contribution is 7.90. The molecule has 0 aliphatic rings. The number of aryl methyl sites for hydroxylation is 1. The summed E-state index contributed by atoms with van der Waals surface area (Å²) < 4.78 is 32.5. The molecule has 3 aromatic rings. The van der Waals surface area contributed by atoms with Crippen LogP contribution in [0.2, 0.25) is 0 Å². The molecule has 8 nitrogen and oxygen atoms in total. The molecule has 0 atom stereocenters. The van der Waals surface area contributed by atoms with Crippen molar-refractivity contribution in [3.63, 3.8) is 0 Å². The highest BCUT2D eigenvalue weighted by Crippen LogP contribution is 2.18. The molecule has 1 aromatic heterocycles. The number of nitrogens with one attached hydrogen (secondary N) is 1. The summed E-state index contributed by atoms with van der Waals surface area (Å²) in [7, 11) is -0.671. The standard InChI is InChI=1S/C24H28N4O4S/c1-4-8-22-21(23(29)27-33(30,31)20-13-11-19(32-3)12-14-20)17-25-24(26-22)28(2)16-15-18-9-6-5-7-10-18/h5-7,9-14,17H,4,8,15-16H2,1-3H3,(H,27,29). The molecule has 0 saturated carbocycles. The highest BCUT2D eigenvalue weighted by Gasteiger charge is 2.22. The summed E-state index contributed by atoms with van der Waals surface area (Å²) in [5.41, 5.74) is 1.86. The fourth-order valence-electron chi connectivity index (χ4n) is 3.24. The molecule has 2 aromatic carbocycles. The Balaban J connectivity index is 1.76. The van der Waals surface area contributed by atoms with Crippen molar-refractivity contribution in [1.82, 2.24) is 14.7 Å². The first-order chi connectivity index (χ1) is 15.8. The van der Waals surface area contributed by atoms with E-state index < -0.39 is 15.9 Å². The first-order valence-corrected chi connectivity index (χ1v) is 12.1. The molecule has 0 unspecified atom stereocenters. The van der Waals surface area contributed by atoms with E-state index in [-0.39, 0.29) is 10.5 Å². The summed E-state index contributed by atoms with van der Waals surface area (Å²) in [6.45, 7) is 2.67. The van der Waals surface area contributed by atoms with Crippen molar-refractivity contribution in [2.45, 2.75) is 31.1 Å². The van der Waals surface area contributed by atoms with Crippen molar-refractivity contribution >= 4 is 21.9 Å². The van der Waals surface area contributed by atoms with Crippen molar-refractivity contribution in [2.75, 3.05) is 25.6 Å². The summed E-state index contributed by atoms with van der Waals surface area (Å²) in [5, 5.41) is 0. The summed E-state index contributed by atoms with van der Waals surface area (Å²) in [6.07, 6.45) is 3.49. The minimum Gasteiger partial charge on any atom is -0.497 e. The van der Waals surface area contributed by atoms with Crippen LogP contribution in [0.3, 0.4) is 0 Å². The van der Waals surface area contributed by atoms with E-state index in [0.717, 1.165) is 12.8 Å². The van der Waals surface area contributed by atoms with Crippen LogP contribution >= 0.6 is 0 Å². The van der Waals surface area contributed by atoms with Crippen LogP contribution in [0, 0.1) is 0 Å². The van der Waals surface area contributed by atoms with Gasteiger partial charge in [-0.05, 0) is 42.7 Å². The molecule has 0 bridgehead atoms. The Morgan fingerprint density at radius 2 is 1.76 bits per heavy atom. The number of anilines is 1. The van der Waals surface area contributed by atoms with Crippen molar-refractivity contribution in [3.05, 3.63) is 77.6 Å². The largest absolute Gasteiger partial charge is 0.497 e. The number of carbonyl (C=O) groups is 1. The average molecular weight is 469 g/mol. The van der Waals surface area contributed by atoms with E-state index in [1.807, 2.05) is 37.1 Å². The Hall–Kier alpha value is -3.46. The molecule has 1 amide bonds. The number of hydrogen-bond donors (Lipinski definition) is 1. The molecular weight excluding hydrogens is 440 g/mol. The number of ether oxygens (including phenoxy) is 1. The number of carbonyl (C=O) groups excluding carboxylic acids is 1. The molecule has 9 heteroatoms. The highest BCUT2D eigenvalue weighted by atomic mass is 32.2. The second kappa shape index (κ2) is 10.9. The molecule has 0 spiro atoms. The van der Waals surface area contributed by atoms with Crippen molar-refractivity contribution in [2.24, 2.45) is 0 Å². The van der Waals surface area contributed by atoms with E-state index in [1.165, 1.54) is 43.1 Å². The molecular formula is C24H28N4O4S.